The van der Waals surface area contributed by atoms with Crippen molar-refractivity contribution in [2.24, 2.45) is 5.41 Å². The largest absolute Gasteiger partial charge is 0.494 e. The van der Waals surface area contributed by atoms with Gasteiger partial charge in [-0.1, -0.05) is 0 Å². The van der Waals surface area contributed by atoms with Crippen LogP contribution in [0.15, 0.2) is 12.1 Å². The number of nitrogens with one attached hydrogen (secondary N) is 2. The average molecular weight is 401 g/mol. The molecule has 2 N–H and O–H groups in total. The molecular weight excluding hydrogens is 374 g/mol. The molecule has 0 radical (unpaired) electrons. The van der Waals surface area contributed by atoms with Gasteiger partial charge in [-0.25, -0.2) is 9.78 Å². The van der Waals surface area contributed by atoms with E-state index in [0.717, 1.165) is 69.0 Å². The fourth-order valence-electron chi connectivity index (χ4n) is 4.60. The van der Waals surface area contributed by atoms with E-state index >= 15 is 0 Å². The number of carbonyl (C=O) groups excluding carboxylic acids is 1. The lowest BCUT2D eigenvalue weighted by Crippen LogP contribution is -2.36. The number of methoxy groups -OCH3 is 1. The molecule has 1 aromatic heterocycles. The second kappa shape index (κ2) is 7.38. The van der Waals surface area contributed by atoms with Crippen molar-refractivity contribution < 1.29 is 19.0 Å². The summed E-state index contributed by atoms with van der Waals surface area (Å²) in [7, 11) is 1.63. The van der Waals surface area contributed by atoms with E-state index < -0.39 is 0 Å². The van der Waals surface area contributed by atoms with Crippen molar-refractivity contribution in [2.45, 2.75) is 12.8 Å². The van der Waals surface area contributed by atoms with Gasteiger partial charge in [-0.15, -0.1) is 0 Å². The Balaban J connectivity index is 1.38. The lowest BCUT2D eigenvalue weighted by molar-refractivity contribution is 0.123. The third-order valence-corrected chi connectivity index (χ3v) is 6.29. The molecule has 4 heterocycles. The molecule has 2 aromatic rings. The maximum atomic E-state index is 12.8. The van der Waals surface area contributed by atoms with Crippen LogP contribution in [0.3, 0.4) is 0 Å². The Kier molecular flexibility index (Phi) is 4.71. The molecule has 5 rings (SSSR count). The lowest BCUT2D eigenvalue weighted by atomic mass is 9.87. The Morgan fingerprint density at radius 2 is 2.07 bits per heavy atom. The number of morpholine rings is 1. The van der Waals surface area contributed by atoms with E-state index in [9.17, 15) is 4.79 Å². The van der Waals surface area contributed by atoms with E-state index in [1.54, 1.807) is 7.11 Å². The molecule has 9 heteroatoms. The smallest absolute Gasteiger partial charge is 0.324 e. The molecule has 3 aliphatic heterocycles. The second-order valence-corrected chi connectivity index (χ2v) is 8.10. The first kappa shape index (κ1) is 18.5. The number of H-pyrrole nitrogens is 1. The number of urea groups is 1. The number of hydrogen-bond acceptors (Lipinski definition) is 6. The number of anilines is 2. The molecular formula is C20H27N5O4. The third kappa shape index (κ3) is 3.38. The Morgan fingerprint density at radius 1 is 1.21 bits per heavy atom. The monoisotopic (exact) mass is 401 g/mol. The van der Waals surface area contributed by atoms with Gasteiger partial charge in [0, 0.05) is 38.2 Å². The molecule has 1 unspecified atom stereocenters. The number of carbonyl (C=O) groups is 1. The van der Waals surface area contributed by atoms with Crippen LogP contribution in [0.2, 0.25) is 0 Å². The predicted octanol–water partition coefficient (Wildman–Crippen LogP) is 2.05. The van der Waals surface area contributed by atoms with Crippen LogP contribution in [0.25, 0.3) is 11.0 Å². The molecule has 3 aliphatic rings. The number of fused-ring (bicyclic) bond motifs is 1. The first-order valence-electron chi connectivity index (χ1n) is 10.2. The highest BCUT2D eigenvalue weighted by molar-refractivity contribution is 5.97. The van der Waals surface area contributed by atoms with Crippen molar-refractivity contribution in [1.29, 1.82) is 0 Å². The normalized spacial score (nSPS) is 24.6. The van der Waals surface area contributed by atoms with Crippen molar-refractivity contribution in [1.82, 2.24) is 14.9 Å². The van der Waals surface area contributed by atoms with Crippen LogP contribution in [-0.4, -0.2) is 80.6 Å². The summed E-state index contributed by atoms with van der Waals surface area (Å²) < 4.78 is 16.5. The van der Waals surface area contributed by atoms with Crippen molar-refractivity contribution in [2.75, 3.05) is 69.9 Å². The number of likely N-dealkylation sites (tertiary alicyclic amines) is 1. The molecule has 9 nitrogen and oxygen atoms in total. The summed E-state index contributed by atoms with van der Waals surface area (Å²) >= 11 is 0. The number of imidazole rings is 1. The zero-order valence-corrected chi connectivity index (χ0v) is 16.7. The van der Waals surface area contributed by atoms with Crippen LogP contribution >= 0.6 is 0 Å². The Morgan fingerprint density at radius 3 is 2.83 bits per heavy atom. The van der Waals surface area contributed by atoms with Crippen molar-refractivity contribution in [3.8, 4) is 5.75 Å². The van der Waals surface area contributed by atoms with E-state index in [1.807, 2.05) is 17.0 Å². The standard InChI is InChI=1S/C20H27N5O4/c1-27-15-3-2-14(24-7-10-28-11-8-24)16-17(15)22-18(21-16)23-19(26)25-6-4-20(12-25)5-9-29-13-20/h2-3H,4-13H2,1H3,(H2,21,22,23,26). The number of nitrogens with zero attached hydrogens (tertiary/aromatic N) is 3. The Labute approximate surface area is 169 Å². The minimum absolute atomic E-state index is 0.125. The third-order valence-electron chi connectivity index (χ3n) is 6.29. The lowest BCUT2D eigenvalue weighted by Gasteiger charge is -2.29. The number of aromatic nitrogens is 2. The van der Waals surface area contributed by atoms with Crippen LogP contribution in [0.5, 0.6) is 5.75 Å². The zero-order valence-electron chi connectivity index (χ0n) is 16.7. The van der Waals surface area contributed by atoms with Gasteiger partial charge in [0.1, 0.15) is 16.8 Å². The van der Waals surface area contributed by atoms with E-state index in [4.69, 9.17) is 19.2 Å². The summed E-state index contributed by atoms with van der Waals surface area (Å²) in [5.74, 6) is 1.14. The molecule has 29 heavy (non-hydrogen) atoms. The molecule has 1 atom stereocenters. The number of hydrogen-bond donors (Lipinski definition) is 2. The number of aromatic amines is 1. The SMILES string of the molecule is COc1ccc(N2CCOCC2)c2nc(NC(=O)N3CCC4(CCOC4)C3)[nH]c12. The molecule has 1 aromatic carbocycles. The summed E-state index contributed by atoms with van der Waals surface area (Å²) in [5, 5.41) is 2.94. The van der Waals surface area contributed by atoms with Crippen LogP contribution in [-0.2, 0) is 9.47 Å². The van der Waals surface area contributed by atoms with Crippen molar-refractivity contribution >= 4 is 28.7 Å². The zero-order chi connectivity index (χ0) is 19.8. The van der Waals surface area contributed by atoms with E-state index in [2.05, 4.69) is 15.2 Å². The number of amides is 2. The van der Waals surface area contributed by atoms with Crippen molar-refractivity contribution in [3.05, 3.63) is 12.1 Å². The van der Waals surface area contributed by atoms with Gasteiger partial charge in [-0.05, 0) is 25.0 Å². The highest BCUT2D eigenvalue weighted by Crippen LogP contribution is 2.38. The number of benzene rings is 1. The molecule has 0 bridgehead atoms. The van der Waals surface area contributed by atoms with E-state index in [0.29, 0.717) is 24.9 Å². The van der Waals surface area contributed by atoms with Gasteiger partial charge in [-0.2, -0.15) is 0 Å². The summed E-state index contributed by atoms with van der Waals surface area (Å²) in [6, 6.07) is 3.82. The quantitative estimate of drug-likeness (QED) is 0.818. The summed E-state index contributed by atoms with van der Waals surface area (Å²) in [6.45, 7) is 6.05. The van der Waals surface area contributed by atoms with Gasteiger partial charge in [0.05, 0.1) is 32.6 Å². The summed E-state index contributed by atoms with van der Waals surface area (Å²) in [4.78, 5) is 24.9. The minimum Gasteiger partial charge on any atom is -0.494 e. The molecule has 0 aliphatic carbocycles. The van der Waals surface area contributed by atoms with Gasteiger partial charge in [-0.3, -0.25) is 5.32 Å². The Bertz CT molecular complexity index is 902. The van der Waals surface area contributed by atoms with Gasteiger partial charge in [0.15, 0.2) is 0 Å². The molecule has 3 fully saturated rings. The molecule has 0 saturated carbocycles. The number of ether oxygens (including phenoxy) is 3. The summed E-state index contributed by atoms with van der Waals surface area (Å²) in [6.07, 6.45) is 2.02. The highest BCUT2D eigenvalue weighted by atomic mass is 16.5. The maximum Gasteiger partial charge on any atom is 0.324 e. The van der Waals surface area contributed by atoms with Crippen LogP contribution < -0.4 is 15.0 Å². The topological polar surface area (TPSA) is 92.0 Å². The van der Waals surface area contributed by atoms with Crippen LogP contribution in [0.1, 0.15) is 12.8 Å². The van der Waals surface area contributed by atoms with Gasteiger partial charge in [0.25, 0.3) is 0 Å². The first-order chi connectivity index (χ1) is 14.2. The fraction of sp³-hybridized carbons (Fsp3) is 0.600. The average Bonchev–Trinajstić information content (AvgIpc) is 3.48. The second-order valence-electron chi connectivity index (χ2n) is 8.10. The summed E-state index contributed by atoms with van der Waals surface area (Å²) in [5.41, 5.74) is 2.74. The van der Waals surface area contributed by atoms with Gasteiger partial charge in [0.2, 0.25) is 5.95 Å². The Hall–Kier alpha value is -2.52. The minimum atomic E-state index is -0.125. The molecule has 156 valence electrons. The molecule has 2 amide bonds. The van der Waals surface area contributed by atoms with Crippen molar-refractivity contribution in [3.63, 3.8) is 0 Å². The highest BCUT2D eigenvalue weighted by Gasteiger charge is 2.42. The molecule has 1 spiro atoms. The fourth-order valence-corrected chi connectivity index (χ4v) is 4.60. The first-order valence-corrected chi connectivity index (χ1v) is 10.2. The van der Waals surface area contributed by atoms with Gasteiger partial charge < -0.3 is 29.0 Å². The maximum absolute atomic E-state index is 12.8. The van der Waals surface area contributed by atoms with Crippen LogP contribution in [0.4, 0.5) is 16.4 Å². The predicted molar refractivity (Wildman–Crippen MR) is 109 cm³/mol. The molecule has 3 saturated heterocycles. The van der Waals surface area contributed by atoms with E-state index in [1.165, 1.54) is 0 Å². The van der Waals surface area contributed by atoms with Crippen LogP contribution in [0, 0.1) is 5.41 Å². The van der Waals surface area contributed by atoms with Gasteiger partial charge >= 0.3 is 6.03 Å². The van der Waals surface area contributed by atoms with E-state index in [-0.39, 0.29) is 11.4 Å². The number of rotatable bonds is 3.